The summed E-state index contributed by atoms with van der Waals surface area (Å²) in [4.78, 5) is 4.17. The number of aryl methyl sites for hydroxylation is 1. The highest BCUT2D eigenvalue weighted by atomic mass is 35.5. The summed E-state index contributed by atoms with van der Waals surface area (Å²) in [7, 11) is 0. The molecule has 2 aromatic carbocycles. The minimum absolute atomic E-state index is 0.158. The second kappa shape index (κ2) is 7.95. The summed E-state index contributed by atoms with van der Waals surface area (Å²) in [6.45, 7) is -0.571. The summed E-state index contributed by atoms with van der Waals surface area (Å²) in [6, 6.07) is 15.2. The second-order valence-corrected chi connectivity index (χ2v) is 7.69. The van der Waals surface area contributed by atoms with E-state index in [2.05, 4.69) is 21.1 Å². The summed E-state index contributed by atoms with van der Waals surface area (Å²) < 4.78 is 29.9. The molecule has 1 atom stereocenters. The highest BCUT2D eigenvalue weighted by Crippen LogP contribution is 2.40. The molecule has 0 spiro atoms. The van der Waals surface area contributed by atoms with Crippen molar-refractivity contribution < 1.29 is 13.5 Å². The van der Waals surface area contributed by atoms with Crippen LogP contribution in [0.5, 0.6) is 5.75 Å². The molecule has 0 bridgehead atoms. The van der Waals surface area contributed by atoms with Gasteiger partial charge in [-0.3, -0.25) is 4.98 Å². The molecule has 0 saturated carbocycles. The van der Waals surface area contributed by atoms with Crippen molar-refractivity contribution in [2.45, 2.75) is 19.0 Å². The van der Waals surface area contributed by atoms with Crippen LogP contribution in [-0.4, -0.2) is 18.1 Å². The SMILES string of the molecule is Cc1cc([C@]2(c3cccc(-c4cncc(Cl)c4)c3)C=C(N)NC2)ccc1OC(F)F. The Morgan fingerprint density at radius 2 is 1.90 bits per heavy atom. The van der Waals surface area contributed by atoms with Crippen LogP contribution < -0.4 is 15.8 Å². The number of ether oxygens (including phenoxy) is 1. The first-order valence-electron chi connectivity index (χ1n) is 9.37. The first kappa shape index (κ1) is 20.2. The van der Waals surface area contributed by atoms with Crippen molar-refractivity contribution in [2.24, 2.45) is 5.73 Å². The van der Waals surface area contributed by atoms with E-state index in [1.807, 2.05) is 36.4 Å². The van der Waals surface area contributed by atoms with Crippen molar-refractivity contribution in [1.82, 2.24) is 10.3 Å². The topological polar surface area (TPSA) is 60.2 Å². The first-order valence-corrected chi connectivity index (χ1v) is 9.75. The Labute approximate surface area is 178 Å². The van der Waals surface area contributed by atoms with E-state index >= 15 is 0 Å². The quantitative estimate of drug-likeness (QED) is 0.601. The molecule has 0 aliphatic carbocycles. The molecule has 0 unspecified atom stereocenters. The van der Waals surface area contributed by atoms with Gasteiger partial charge in [0.05, 0.1) is 16.3 Å². The molecule has 1 aliphatic heterocycles. The minimum Gasteiger partial charge on any atom is -0.435 e. The molecule has 0 radical (unpaired) electrons. The fraction of sp³-hybridized carbons (Fsp3) is 0.174. The number of benzene rings is 2. The van der Waals surface area contributed by atoms with Crippen molar-refractivity contribution in [2.75, 3.05) is 6.54 Å². The second-order valence-electron chi connectivity index (χ2n) is 7.26. The number of alkyl halides is 2. The number of pyridine rings is 1. The van der Waals surface area contributed by atoms with Gasteiger partial charge in [0, 0.05) is 24.5 Å². The predicted molar refractivity (Wildman–Crippen MR) is 114 cm³/mol. The normalized spacial score (nSPS) is 18.2. The number of nitrogens with zero attached hydrogens (tertiary/aromatic N) is 1. The van der Waals surface area contributed by atoms with Gasteiger partial charge in [-0.15, -0.1) is 0 Å². The fourth-order valence-corrected chi connectivity index (χ4v) is 4.02. The van der Waals surface area contributed by atoms with Gasteiger partial charge < -0.3 is 15.8 Å². The Kier molecular flexibility index (Phi) is 5.35. The fourth-order valence-electron chi connectivity index (χ4n) is 3.85. The third-order valence-electron chi connectivity index (χ3n) is 5.30. The van der Waals surface area contributed by atoms with Crippen LogP contribution in [0.4, 0.5) is 8.78 Å². The van der Waals surface area contributed by atoms with Crippen LogP contribution in [-0.2, 0) is 5.41 Å². The molecule has 0 fully saturated rings. The van der Waals surface area contributed by atoms with Crippen LogP contribution >= 0.6 is 11.6 Å². The molecular weight excluding hydrogens is 408 g/mol. The lowest BCUT2D eigenvalue weighted by Gasteiger charge is -2.29. The first-order chi connectivity index (χ1) is 14.4. The molecule has 2 heterocycles. The number of nitrogens with two attached hydrogens (primary N) is 1. The van der Waals surface area contributed by atoms with Crippen molar-refractivity contribution in [3.05, 3.63) is 94.5 Å². The van der Waals surface area contributed by atoms with Crippen LogP contribution in [0.15, 0.2) is 72.8 Å². The molecule has 1 aromatic heterocycles. The number of aromatic nitrogens is 1. The van der Waals surface area contributed by atoms with E-state index in [1.165, 1.54) is 0 Å². The molecule has 0 amide bonds. The van der Waals surface area contributed by atoms with Crippen LogP contribution in [0.2, 0.25) is 5.02 Å². The minimum atomic E-state index is -2.87. The number of halogens is 3. The Balaban J connectivity index is 1.81. The Hall–Kier alpha value is -3.12. The van der Waals surface area contributed by atoms with Crippen LogP contribution in [0.25, 0.3) is 11.1 Å². The van der Waals surface area contributed by atoms with Crippen LogP contribution in [0.3, 0.4) is 0 Å². The lowest BCUT2D eigenvalue weighted by Crippen LogP contribution is -2.31. The maximum atomic E-state index is 12.7. The van der Waals surface area contributed by atoms with Crippen LogP contribution in [0, 0.1) is 6.92 Å². The molecule has 4 rings (SSSR count). The van der Waals surface area contributed by atoms with Gasteiger partial charge in [0.1, 0.15) is 5.75 Å². The van der Waals surface area contributed by atoms with E-state index in [0.717, 1.165) is 22.3 Å². The van der Waals surface area contributed by atoms with Crippen molar-refractivity contribution in [1.29, 1.82) is 0 Å². The summed E-state index contributed by atoms with van der Waals surface area (Å²) >= 11 is 6.11. The van der Waals surface area contributed by atoms with Crippen molar-refractivity contribution in [3.8, 4) is 16.9 Å². The molecule has 0 saturated heterocycles. The molecule has 30 heavy (non-hydrogen) atoms. The van der Waals surface area contributed by atoms with E-state index < -0.39 is 12.0 Å². The largest absolute Gasteiger partial charge is 0.435 e. The van der Waals surface area contributed by atoms with Gasteiger partial charge in [-0.2, -0.15) is 8.78 Å². The average molecular weight is 428 g/mol. The Morgan fingerprint density at radius 3 is 2.57 bits per heavy atom. The monoisotopic (exact) mass is 427 g/mol. The van der Waals surface area contributed by atoms with Gasteiger partial charge >= 0.3 is 6.61 Å². The lowest BCUT2D eigenvalue weighted by molar-refractivity contribution is -0.0503. The molecule has 1 aliphatic rings. The average Bonchev–Trinajstić information content (AvgIpc) is 3.12. The van der Waals surface area contributed by atoms with Crippen molar-refractivity contribution in [3.63, 3.8) is 0 Å². The third kappa shape index (κ3) is 3.83. The predicted octanol–water partition coefficient (Wildman–Crippen LogP) is 5.00. The Morgan fingerprint density at radius 1 is 1.10 bits per heavy atom. The molecule has 3 aromatic rings. The highest BCUT2D eigenvalue weighted by molar-refractivity contribution is 6.30. The number of nitrogens with one attached hydrogen (secondary N) is 1. The van der Waals surface area contributed by atoms with E-state index in [9.17, 15) is 8.78 Å². The molecule has 7 heteroatoms. The zero-order valence-corrected chi connectivity index (χ0v) is 17.0. The molecular formula is C23H20ClF2N3O. The van der Waals surface area contributed by atoms with Gasteiger partial charge in [-0.05, 0) is 53.5 Å². The number of hydrogen-bond donors (Lipinski definition) is 2. The van der Waals surface area contributed by atoms with Crippen molar-refractivity contribution >= 4 is 11.6 Å². The highest BCUT2D eigenvalue weighted by Gasteiger charge is 2.37. The van der Waals surface area contributed by atoms with E-state index in [0.29, 0.717) is 23.0 Å². The maximum Gasteiger partial charge on any atom is 0.387 e. The number of rotatable bonds is 5. The lowest BCUT2D eigenvalue weighted by atomic mass is 9.74. The van der Waals surface area contributed by atoms with Crippen LogP contribution in [0.1, 0.15) is 16.7 Å². The number of hydrogen-bond acceptors (Lipinski definition) is 4. The van der Waals surface area contributed by atoms with E-state index in [4.69, 9.17) is 17.3 Å². The van der Waals surface area contributed by atoms with E-state index in [1.54, 1.807) is 31.5 Å². The third-order valence-corrected chi connectivity index (χ3v) is 5.50. The van der Waals surface area contributed by atoms with Gasteiger partial charge in [0.25, 0.3) is 0 Å². The zero-order chi connectivity index (χ0) is 21.3. The van der Waals surface area contributed by atoms with Gasteiger partial charge in [-0.25, -0.2) is 0 Å². The Bertz CT molecular complexity index is 1120. The molecule has 4 nitrogen and oxygen atoms in total. The molecule has 3 N–H and O–H groups in total. The zero-order valence-electron chi connectivity index (χ0n) is 16.2. The summed E-state index contributed by atoms with van der Waals surface area (Å²) in [5.41, 5.74) is 9.96. The summed E-state index contributed by atoms with van der Waals surface area (Å²) in [5.74, 6) is 0.723. The smallest absolute Gasteiger partial charge is 0.387 e. The van der Waals surface area contributed by atoms with Gasteiger partial charge in [-0.1, -0.05) is 41.9 Å². The summed E-state index contributed by atoms with van der Waals surface area (Å²) in [6.07, 6.45) is 5.31. The van der Waals surface area contributed by atoms with Gasteiger partial charge in [0.15, 0.2) is 0 Å². The van der Waals surface area contributed by atoms with E-state index in [-0.39, 0.29) is 5.75 Å². The summed E-state index contributed by atoms with van der Waals surface area (Å²) in [5, 5.41) is 3.76. The maximum absolute atomic E-state index is 12.7. The standard InChI is InChI=1S/C23H20ClF2N3O/c1-14-7-18(5-6-20(14)30-22(25)26)23(10-21(27)29-13-23)17-4-2-3-15(8-17)16-9-19(24)12-28-11-16/h2-12,22,29H,13,27H2,1H3/t23-/m1/s1. The van der Waals surface area contributed by atoms with Gasteiger partial charge in [0.2, 0.25) is 0 Å². The molecule has 154 valence electrons.